The van der Waals surface area contributed by atoms with Gasteiger partial charge in [0.2, 0.25) is 0 Å². The fourth-order valence-corrected chi connectivity index (χ4v) is 22.7. The first-order valence-electron chi connectivity index (χ1n) is 29.4. The van der Waals surface area contributed by atoms with Crippen LogP contribution in [0.4, 0.5) is 5.69 Å². The Morgan fingerprint density at radius 3 is 1.43 bits per heavy atom. The van der Waals surface area contributed by atoms with Crippen molar-refractivity contribution in [3.8, 4) is 95.5 Å². The first-order chi connectivity index (χ1) is 41.9. The SMILES string of the molecule is C[Si](C)(C)N(c1ccnc(-n2c3[c-]c(Oc4[c-]c(-n5[c-][n+](-c6c(-c7cc(-c8ccccc8)cc(-c8ccccc8)c7)cccc6-c6cc(-c7ccccc7)cc(-c7ccccc7)c6)c6ccccc65)ccc4)ccc3c3ccccc32)c1)[Si](C)(C)C.[Pt]. The van der Waals surface area contributed by atoms with Gasteiger partial charge >= 0.3 is 0 Å². The third-order valence-corrected chi connectivity index (χ3v) is 23.3. The van der Waals surface area contributed by atoms with Gasteiger partial charge in [0.1, 0.15) is 22.3 Å². The topological polar surface area (TPSA) is 39.1 Å². The normalized spacial score (nSPS) is 11.7. The first kappa shape index (κ1) is 56.7. The summed E-state index contributed by atoms with van der Waals surface area (Å²) in [7, 11) is -3.51. The van der Waals surface area contributed by atoms with Gasteiger partial charge in [0.25, 0.3) is 6.33 Å². The summed E-state index contributed by atoms with van der Waals surface area (Å²) in [4.78, 5) is 5.04. The van der Waals surface area contributed by atoms with Crippen LogP contribution in [-0.2, 0) is 21.1 Å². The van der Waals surface area contributed by atoms with E-state index in [0.717, 1.165) is 117 Å². The van der Waals surface area contributed by atoms with Crippen molar-refractivity contribution in [2.45, 2.75) is 39.3 Å². The van der Waals surface area contributed by atoms with Crippen molar-refractivity contribution in [3.05, 3.63) is 292 Å². The van der Waals surface area contributed by atoms with E-state index in [4.69, 9.17) is 9.72 Å². The smallest absolute Gasteiger partial charge is 0.268 e. The van der Waals surface area contributed by atoms with Gasteiger partial charge in [-0.25, -0.2) is 4.98 Å². The predicted octanol–water partition coefficient (Wildman–Crippen LogP) is 20.1. The molecule has 87 heavy (non-hydrogen) atoms. The number of aromatic nitrogens is 4. The van der Waals surface area contributed by atoms with E-state index in [9.17, 15) is 0 Å². The fraction of sp³-hybridized carbons (Fsp3) is 0.0769. The van der Waals surface area contributed by atoms with E-state index in [0.29, 0.717) is 11.5 Å². The van der Waals surface area contributed by atoms with Crippen molar-refractivity contribution in [3.63, 3.8) is 0 Å². The standard InChI is InChI=1S/C78H63N5OSi2.Pt/c1-85(2,3)83(86(4,5)6)66-43-44-79-77(52-66)82-73-38-20-19-35-71(73)72-42-41-68(53-76(72)82)84-67-34-23-33-65(51-67)80-54-81(75-40-22-21-39-74(75)80)78-69(63-47-59(55-25-11-7-12-26-55)45-60(48-63)56-27-13-8-14-28-56)36-24-37-70(78)64-49-61(57-29-15-9-16-30-57)46-62(50-64)58-31-17-10-18-32-58;/h7-50,52H,1-6H3;/q-2;. The first-order valence-corrected chi connectivity index (χ1v) is 36.3. The zero-order chi connectivity index (χ0) is 58.5. The van der Waals surface area contributed by atoms with E-state index < -0.39 is 16.5 Å². The molecule has 426 valence electrons. The van der Waals surface area contributed by atoms with Crippen molar-refractivity contribution in [2.24, 2.45) is 0 Å². The number of para-hydroxylation sites is 4. The Bertz CT molecular complexity index is 4550. The summed E-state index contributed by atoms with van der Waals surface area (Å²) in [5.74, 6) is 1.98. The van der Waals surface area contributed by atoms with Crippen LogP contribution in [0, 0.1) is 18.5 Å². The number of imidazole rings is 1. The molecule has 0 N–H and O–H groups in total. The monoisotopic (exact) mass is 1340 g/mol. The van der Waals surface area contributed by atoms with E-state index in [-0.39, 0.29) is 21.1 Å². The molecule has 0 atom stereocenters. The molecule has 9 heteroatoms. The number of fused-ring (bicyclic) bond motifs is 4. The summed E-state index contributed by atoms with van der Waals surface area (Å²) in [5.41, 5.74) is 20.3. The van der Waals surface area contributed by atoms with Crippen molar-refractivity contribution in [1.29, 1.82) is 0 Å². The van der Waals surface area contributed by atoms with Crippen molar-refractivity contribution >= 4 is 55.0 Å². The molecule has 11 aromatic carbocycles. The summed E-state index contributed by atoms with van der Waals surface area (Å²) < 4.78 is 16.2. The number of nitrogens with zero attached hydrogens (tertiary/aromatic N) is 5. The molecule has 0 aliphatic heterocycles. The number of rotatable bonds is 14. The van der Waals surface area contributed by atoms with Crippen LogP contribution in [0.15, 0.2) is 273 Å². The Morgan fingerprint density at radius 2 is 0.885 bits per heavy atom. The Hall–Kier alpha value is -9.44. The molecule has 0 aliphatic rings. The summed E-state index contributed by atoms with van der Waals surface area (Å²) in [6.45, 7) is 14.6. The Kier molecular flexibility index (Phi) is 15.3. The Morgan fingerprint density at radius 1 is 0.414 bits per heavy atom. The molecule has 3 aromatic heterocycles. The molecule has 3 heterocycles. The summed E-state index contributed by atoms with van der Waals surface area (Å²) in [5, 5.41) is 2.21. The minimum atomic E-state index is -1.75. The van der Waals surface area contributed by atoms with Gasteiger partial charge in [-0.2, -0.15) is 18.2 Å². The molecule has 0 unspecified atom stereocenters. The zero-order valence-corrected chi connectivity index (χ0v) is 53.7. The Labute approximate surface area is 526 Å². The third-order valence-electron chi connectivity index (χ3n) is 16.1. The number of pyridine rings is 1. The van der Waals surface area contributed by atoms with Gasteiger partial charge in [0.05, 0.1) is 16.7 Å². The maximum Gasteiger partial charge on any atom is 0.268 e. The summed E-state index contributed by atoms with van der Waals surface area (Å²) in [6.07, 6.45) is 5.90. The molecule has 0 bridgehead atoms. The van der Waals surface area contributed by atoms with E-state index >= 15 is 0 Å². The van der Waals surface area contributed by atoms with Crippen LogP contribution >= 0.6 is 0 Å². The van der Waals surface area contributed by atoms with Crippen LogP contribution in [0.3, 0.4) is 0 Å². The van der Waals surface area contributed by atoms with Crippen LogP contribution in [0.25, 0.3) is 117 Å². The fourth-order valence-electron chi connectivity index (χ4n) is 12.8. The van der Waals surface area contributed by atoms with Gasteiger partial charge in [-0.1, -0.05) is 227 Å². The second-order valence-electron chi connectivity index (χ2n) is 24.0. The van der Waals surface area contributed by atoms with E-state index in [1.165, 1.54) is 5.69 Å². The second kappa shape index (κ2) is 23.4. The Balaban J connectivity index is 0.00000700. The van der Waals surface area contributed by atoms with Crippen LogP contribution in [0.1, 0.15) is 0 Å². The quantitative estimate of drug-likeness (QED) is 0.0619. The molecule has 6 nitrogen and oxygen atoms in total. The average molecular weight is 1340 g/mol. The van der Waals surface area contributed by atoms with Gasteiger partial charge in [-0.3, -0.25) is 4.57 Å². The molecule has 0 saturated heterocycles. The van der Waals surface area contributed by atoms with E-state index in [1.54, 1.807) is 0 Å². The van der Waals surface area contributed by atoms with Crippen molar-refractivity contribution < 1.29 is 30.4 Å². The molecule has 0 fully saturated rings. The predicted molar refractivity (Wildman–Crippen MR) is 362 cm³/mol. The molecular formula is C78H63N5OPtSi2-2. The maximum absolute atomic E-state index is 6.86. The number of hydrogen-bond acceptors (Lipinski definition) is 3. The number of benzene rings is 11. The largest absolute Gasteiger partial charge is 0.510 e. The van der Waals surface area contributed by atoms with Crippen molar-refractivity contribution in [2.75, 3.05) is 4.23 Å². The minimum absolute atomic E-state index is 0. The summed E-state index contributed by atoms with van der Waals surface area (Å²) in [6, 6.07) is 103. The zero-order valence-electron chi connectivity index (χ0n) is 49.4. The van der Waals surface area contributed by atoms with Crippen LogP contribution in [-0.4, -0.2) is 30.6 Å². The van der Waals surface area contributed by atoms with Gasteiger partial charge < -0.3 is 18.1 Å². The van der Waals surface area contributed by atoms with Crippen LogP contribution in [0.2, 0.25) is 39.3 Å². The minimum Gasteiger partial charge on any atom is -0.510 e. The average Bonchev–Trinajstić information content (AvgIpc) is 1.73. The molecule has 0 radical (unpaired) electrons. The molecule has 0 amide bonds. The van der Waals surface area contributed by atoms with Gasteiger partial charge in [-0.05, 0) is 126 Å². The number of ether oxygens (including phenoxy) is 1. The van der Waals surface area contributed by atoms with Crippen molar-refractivity contribution in [1.82, 2.24) is 14.1 Å². The van der Waals surface area contributed by atoms with E-state index in [1.807, 2.05) is 24.4 Å². The molecule has 14 aromatic rings. The molecule has 0 saturated carbocycles. The molecule has 0 spiro atoms. The van der Waals surface area contributed by atoms with Gasteiger partial charge in [0, 0.05) is 56.0 Å². The summed E-state index contributed by atoms with van der Waals surface area (Å²) >= 11 is 0. The molecular weight excluding hydrogens is 1270 g/mol. The third kappa shape index (κ3) is 11.1. The molecule has 0 aliphatic carbocycles. The molecule has 14 rings (SSSR count). The number of hydrogen-bond donors (Lipinski definition) is 0. The van der Waals surface area contributed by atoms with E-state index in [2.05, 4.69) is 324 Å². The maximum atomic E-state index is 6.86. The number of anilines is 1. The van der Waals surface area contributed by atoms with Gasteiger partial charge in [-0.15, -0.1) is 29.7 Å². The van der Waals surface area contributed by atoms with Crippen LogP contribution < -0.4 is 13.5 Å². The second-order valence-corrected chi connectivity index (χ2v) is 34.0. The van der Waals surface area contributed by atoms with Gasteiger partial charge in [0.15, 0.2) is 0 Å². The van der Waals surface area contributed by atoms with Crippen LogP contribution in [0.5, 0.6) is 11.5 Å².